The number of rotatable bonds is 6. The van der Waals surface area contributed by atoms with Crippen molar-refractivity contribution in [3.8, 4) is 5.69 Å². The van der Waals surface area contributed by atoms with Crippen molar-refractivity contribution in [2.45, 2.75) is 19.1 Å². The van der Waals surface area contributed by atoms with Crippen LogP contribution in [0.2, 0.25) is 0 Å². The third kappa shape index (κ3) is 4.60. The highest BCUT2D eigenvalue weighted by molar-refractivity contribution is 5.92. The van der Waals surface area contributed by atoms with Crippen LogP contribution in [-0.2, 0) is 9.53 Å². The largest absolute Gasteiger partial charge is 0.376 e. The molecule has 27 heavy (non-hydrogen) atoms. The van der Waals surface area contributed by atoms with Gasteiger partial charge in [0.1, 0.15) is 5.82 Å². The van der Waals surface area contributed by atoms with Gasteiger partial charge in [0.05, 0.1) is 24.0 Å². The van der Waals surface area contributed by atoms with E-state index in [1.54, 1.807) is 24.4 Å². The molecule has 8 heteroatoms. The number of hydrogen-bond donors (Lipinski definition) is 2. The van der Waals surface area contributed by atoms with E-state index < -0.39 is 5.82 Å². The standard InChI is InChI=1S/C19H23FN4O3/c1-2-27-17-11-23(10-15(17)21)12-18(25)22-16-7-6-13(9-14(16)20)24-8-4-3-5-19(24)26/h3-9,15,17H,2,10-12,21H2,1H3,(H,22,25)/t15-,17-/m0/s1. The van der Waals surface area contributed by atoms with Crippen molar-refractivity contribution < 1.29 is 13.9 Å². The Morgan fingerprint density at radius 1 is 1.33 bits per heavy atom. The van der Waals surface area contributed by atoms with Crippen molar-refractivity contribution in [1.82, 2.24) is 9.47 Å². The van der Waals surface area contributed by atoms with Crippen LogP contribution < -0.4 is 16.6 Å². The highest BCUT2D eigenvalue weighted by atomic mass is 19.1. The van der Waals surface area contributed by atoms with Gasteiger partial charge in [0, 0.05) is 44.1 Å². The monoisotopic (exact) mass is 374 g/mol. The number of amides is 1. The average molecular weight is 374 g/mol. The average Bonchev–Trinajstić information content (AvgIpc) is 2.96. The number of nitrogens with zero attached hydrogens (tertiary/aromatic N) is 2. The quantitative estimate of drug-likeness (QED) is 0.786. The summed E-state index contributed by atoms with van der Waals surface area (Å²) in [6.45, 7) is 3.70. The Morgan fingerprint density at radius 2 is 2.15 bits per heavy atom. The molecule has 0 radical (unpaired) electrons. The topological polar surface area (TPSA) is 89.6 Å². The maximum atomic E-state index is 14.4. The van der Waals surface area contributed by atoms with Crippen molar-refractivity contribution in [2.24, 2.45) is 5.73 Å². The summed E-state index contributed by atoms with van der Waals surface area (Å²) in [4.78, 5) is 26.0. The van der Waals surface area contributed by atoms with Gasteiger partial charge in [-0.3, -0.25) is 19.1 Å². The second-order valence-corrected chi connectivity index (χ2v) is 6.47. The van der Waals surface area contributed by atoms with Gasteiger partial charge in [0.25, 0.3) is 5.56 Å². The molecular formula is C19H23FN4O3. The molecule has 1 aliphatic heterocycles. The maximum Gasteiger partial charge on any atom is 0.255 e. The number of anilines is 1. The number of pyridine rings is 1. The number of nitrogens with two attached hydrogens (primary N) is 1. The lowest BCUT2D eigenvalue weighted by molar-refractivity contribution is -0.117. The van der Waals surface area contributed by atoms with E-state index >= 15 is 0 Å². The highest BCUT2D eigenvalue weighted by Gasteiger charge is 2.31. The van der Waals surface area contributed by atoms with E-state index in [9.17, 15) is 14.0 Å². The Labute approximate surface area is 156 Å². The maximum absolute atomic E-state index is 14.4. The minimum absolute atomic E-state index is 0.0672. The van der Waals surface area contributed by atoms with Crippen molar-refractivity contribution >= 4 is 11.6 Å². The van der Waals surface area contributed by atoms with Gasteiger partial charge in [-0.1, -0.05) is 6.07 Å². The van der Waals surface area contributed by atoms with E-state index in [1.165, 1.54) is 22.8 Å². The van der Waals surface area contributed by atoms with E-state index in [4.69, 9.17) is 10.5 Å². The molecule has 1 saturated heterocycles. The number of aromatic nitrogens is 1. The van der Waals surface area contributed by atoms with Gasteiger partial charge in [-0.2, -0.15) is 0 Å². The molecule has 3 N–H and O–H groups in total. The molecule has 0 saturated carbocycles. The van der Waals surface area contributed by atoms with Gasteiger partial charge in [-0.15, -0.1) is 0 Å². The summed E-state index contributed by atoms with van der Waals surface area (Å²) in [5, 5.41) is 2.57. The molecule has 1 aromatic heterocycles. The molecule has 2 heterocycles. The first kappa shape index (κ1) is 19.2. The van der Waals surface area contributed by atoms with E-state index in [1.807, 2.05) is 11.8 Å². The van der Waals surface area contributed by atoms with Gasteiger partial charge in [-0.05, 0) is 25.1 Å². The summed E-state index contributed by atoms with van der Waals surface area (Å²) >= 11 is 0. The molecule has 2 aromatic rings. The Kier molecular flexibility index (Phi) is 6.00. The van der Waals surface area contributed by atoms with Crippen molar-refractivity contribution in [2.75, 3.05) is 31.6 Å². The highest BCUT2D eigenvalue weighted by Crippen LogP contribution is 2.18. The fraction of sp³-hybridized carbons (Fsp3) is 0.368. The molecule has 0 aliphatic carbocycles. The summed E-state index contributed by atoms with van der Waals surface area (Å²) in [5.41, 5.74) is 6.20. The molecule has 2 atom stereocenters. The van der Waals surface area contributed by atoms with Crippen LogP contribution in [0.25, 0.3) is 5.69 Å². The van der Waals surface area contributed by atoms with E-state index in [0.29, 0.717) is 25.4 Å². The SMILES string of the molecule is CCO[C@H]1CN(CC(=O)Nc2ccc(-n3ccccc3=O)cc2F)C[C@@H]1N. The molecular weight excluding hydrogens is 351 g/mol. The lowest BCUT2D eigenvalue weighted by Gasteiger charge is -2.16. The van der Waals surface area contributed by atoms with Crippen molar-refractivity contribution in [1.29, 1.82) is 0 Å². The molecule has 0 unspecified atom stereocenters. The van der Waals surface area contributed by atoms with Gasteiger partial charge >= 0.3 is 0 Å². The fourth-order valence-electron chi connectivity index (χ4n) is 3.19. The van der Waals surface area contributed by atoms with Crippen molar-refractivity contribution in [3.05, 3.63) is 58.8 Å². The Balaban J connectivity index is 1.63. The van der Waals surface area contributed by atoms with Gasteiger partial charge in [0.15, 0.2) is 0 Å². The number of ether oxygens (including phenoxy) is 1. The molecule has 0 spiro atoms. The lowest BCUT2D eigenvalue weighted by Crippen LogP contribution is -2.35. The van der Waals surface area contributed by atoms with Crippen LogP contribution >= 0.6 is 0 Å². The molecule has 1 aromatic carbocycles. The first-order chi connectivity index (χ1) is 13.0. The van der Waals surface area contributed by atoms with Crippen LogP contribution in [0.4, 0.5) is 10.1 Å². The molecule has 1 amide bonds. The van der Waals surface area contributed by atoms with Crippen LogP contribution in [0.1, 0.15) is 6.92 Å². The first-order valence-electron chi connectivity index (χ1n) is 8.85. The van der Waals surface area contributed by atoms with Gasteiger partial charge < -0.3 is 15.8 Å². The minimum atomic E-state index is -0.609. The van der Waals surface area contributed by atoms with Crippen LogP contribution in [0, 0.1) is 5.82 Å². The molecule has 7 nitrogen and oxygen atoms in total. The zero-order valence-corrected chi connectivity index (χ0v) is 15.1. The van der Waals surface area contributed by atoms with E-state index in [0.717, 1.165) is 0 Å². The second kappa shape index (κ2) is 8.43. The number of carbonyl (C=O) groups excluding carboxylic acids is 1. The zero-order valence-electron chi connectivity index (χ0n) is 15.1. The predicted octanol–water partition coefficient (Wildman–Crippen LogP) is 0.963. The van der Waals surface area contributed by atoms with Crippen molar-refractivity contribution in [3.63, 3.8) is 0 Å². The van der Waals surface area contributed by atoms with E-state index in [-0.39, 0.29) is 35.8 Å². The molecule has 144 valence electrons. The summed E-state index contributed by atoms with van der Waals surface area (Å²) in [6, 6.07) is 8.79. The third-order valence-electron chi connectivity index (χ3n) is 4.46. The molecule has 1 aliphatic rings. The summed E-state index contributed by atoms with van der Waals surface area (Å²) in [7, 11) is 0. The van der Waals surface area contributed by atoms with Gasteiger partial charge in [0.2, 0.25) is 5.91 Å². The Bertz CT molecular complexity index is 870. The predicted molar refractivity (Wildman–Crippen MR) is 100 cm³/mol. The Hall–Kier alpha value is -2.55. The second-order valence-electron chi connectivity index (χ2n) is 6.47. The lowest BCUT2D eigenvalue weighted by atomic mass is 10.2. The number of hydrogen-bond acceptors (Lipinski definition) is 5. The summed E-state index contributed by atoms with van der Waals surface area (Å²) in [6.07, 6.45) is 1.46. The van der Waals surface area contributed by atoms with Gasteiger partial charge in [-0.25, -0.2) is 4.39 Å². The van der Waals surface area contributed by atoms with Crippen LogP contribution in [0.5, 0.6) is 0 Å². The fourth-order valence-corrected chi connectivity index (χ4v) is 3.19. The normalized spacial score (nSPS) is 20.0. The third-order valence-corrected chi connectivity index (χ3v) is 4.46. The number of likely N-dealkylation sites (tertiary alicyclic amines) is 1. The first-order valence-corrected chi connectivity index (χ1v) is 8.85. The summed E-state index contributed by atoms with van der Waals surface area (Å²) in [5.74, 6) is -0.940. The molecule has 0 bridgehead atoms. The van der Waals surface area contributed by atoms with Crippen LogP contribution in [0.15, 0.2) is 47.4 Å². The molecule has 1 fully saturated rings. The number of benzene rings is 1. The smallest absolute Gasteiger partial charge is 0.255 e. The number of halogens is 1. The van der Waals surface area contributed by atoms with E-state index in [2.05, 4.69) is 5.32 Å². The molecule has 3 rings (SSSR count). The minimum Gasteiger partial charge on any atom is -0.376 e. The number of carbonyl (C=O) groups is 1. The Morgan fingerprint density at radius 3 is 2.85 bits per heavy atom. The summed E-state index contributed by atoms with van der Waals surface area (Å²) < 4.78 is 21.3. The van der Waals surface area contributed by atoms with Crippen LogP contribution in [-0.4, -0.2) is 53.8 Å². The zero-order chi connectivity index (χ0) is 19.4. The van der Waals surface area contributed by atoms with Crippen LogP contribution in [0.3, 0.4) is 0 Å². The number of nitrogens with one attached hydrogen (secondary N) is 1.